The normalized spacial score (nSPS) is 10.8. The van der Waals surface area contributed by atoms with Crippen LogP contribution in [0.15, 0.2) is 42.1 Å². The number of nitrogens with one attached hydrogen (secondary N) is 2. The van der Waals surface area contributed by atoms with Crippen molar-refractivity contribution in [3.05, 3.63) is 64.4 Å². The van der Waals surface area contributed by atoms with Crippen LogP contribution >= 0.6 is 0 Å². The van der Waals surface area contributed by atoms with Gasteiger partial charge in [-0.05, 0) is 56.5 Å². The van der Waals surface area contributed by atoms with Gasteiger partial charge in [-0.1, -0.05) is 23.8 Å². The Bertz CT molecular complexity index is 885. The van der Waals surface area contributed by atoms with E-state index >= 15 is 0 Å². The van der Waals surface area contributed by atoms with Gasteiger partial charge < -0.3 is 15.4 Å². The fraction of sp³-hybridized carbons (Fsp3) is 0.238. The minimum atomic E-state index is -0.494. The predicted octanol–water partition coefficient (Wildman–Crippen LogP) is 4.39. The molecule has 2 rings (SSSR count). The topological polar surface area (TPSA) is 74.1 Å². The second kappa shape index (κ2) is 8.21. The van der Waals surface area contributed by atoms with Gasteiger partial charge in [0.15, 0.2) is 0 Å². The lowest BCUT2D eigenvalue weighted by Crippen LogP contribution is -2.15. The average Bonchev–Trinajstić information content (AvgIpc) is 2.57. The number of amides is 1. The molecule has 0 radical (unpaired) electrons. The van der Waals surface area contributed by atoms with Gasteiger partial charge in [0.2, 0.25) is 0 Å². The summed E-state index contributed by atoms with van der Waals surface area (Å²) >= 11 is 0. The van der Waals surface area contributed by atoms with Gasteiger partial charge in [-0.2, -0.15) is 5.26 Å². The van der Waals surface area contributed by atoms with Gasteiger partial charge in [0.1, 0.15) is 17.4 Å². The summed E-state index contributed by atoms with van der Waals surface area (Å²) in [5.41, 5.74) is 5.65. The molecule has 0 aliphatic carbocycles. The molecule has 0 aromatic heterocycles. The second-order valence-electron chi connectivity index (χ2n) is 6.25. The first-order chi connectivity index (χ1) is 12.3. The van der Waals surface area contributed by atoms with Crippen molar-refractivity contribution >= 4 is 17.3 Å². The van der Waals surface area contributed by atoms with Crippen LogP contribution in [0, 0.1) is 39.0 Å². The predicted molar refractivity (Wildman–Crippen MR) is 104 cm³/mol. The van der Waals surface area contributed by atoms with Crippen molar-refractivity contribution < 1.29 is 9.53 Å². The number of nitrogens with zero attached hydrogens (tertiary/aromatic N) is 1. The molecule has 0 aliphatic heterocycles. The number of carbonyl (C=O) groups excluding carboxylic acids is 1. The maximum atomic E-state index is 12.5. The third-order valence-corrected chi connectivity index (χ3v) is 4.01. The van der Waals surface area contributed by atoms with Gasteiger partial charge in [0.25, 0.3) is 5.91 Å². The number of ether oxygens (including phenoxy) is 1. The monoisotopic (exact) mass is 349 g/mol. The highest BCUT2D eigenvalue weighted by Crippen LogP contribution is 2.26. The number of hydrogen-bond acceptors (Lipinski definition) is 4. The van der Waals surface area contributed by atoms with Crippen molar-refractivity contribution in [2.45, 2.75) is 27.7 Å². The van der Waals surface area contributed by atoms with Crippen LogP contribution in [0.4, 0.5) is 11.4 Å². The molecule has 0 bridgehead atoms. The Morgan fingerprint density at radius 2 is 1.73 bits per heavy atom. The van der Waals surface area contributed by atoms with E-state index in [9.17, 15) is 10.1 Å². The van der Waals surface area contributed by atoms with E-state index in [-0.39, 0.29) is 5.57 Å². The zero-order valence-electron chi connectivity index (χ0n) is 15.7. The number of hydrogen-bond donors (Lipinski definition) is 2. The number of anilines is 2. The highest BCUT2D eigenvalue weighted by atomic mass is 16.5. The van der Waals surface area contributed by atoms with Crippen molar-refractivity contribution in [2.75, 3.05) is 17.7 Å². The van der Waals surface area contributed by atoms with E-state index in [1.165, 1.54) is 18.9 Å². The molecule has 0 aliphatic rings. The highest BCUT2D eigenvalue weighted by molar-refractivity contribution is 6.07. The Labute approximate surface area is 154 Å². The number of rotatable bonds is 5. The molecule has 26 heavy (non-hydrogen) atoms. The number of carbonyl (C=O) groups is 1. The van der Waals surface area contributed by atoms with Crippen molar-refractivity contribution in [3.8, 4) is 11.8 Å². The van der Waals surface area contributed by atoms with Crippen LogP contribution < -0.4 is 15.4 Å². The zero-order valence-corrected chi connectivity index (χ0v) is 15.7. The molecule has 0 saturated heterocycles. The average molecular weight is 349 g/mol. The summed E-state index contributed by atoms with van der Waals surface area (Å²) in [5, 5.41) is 15.2. The SMILES string of the molecule is COc1ccc(C)cc1NC(=O)/C(C#N)=C\Nc1c(C)cc(C)cc1C. The Morgan fingerprint density at radius 1 is 1.08 bits per heavy atom. The van der Waals surface area contributed by atoms with Crippen LogP contribution in [-0.2, 0) is 4.79 Å². The van der Waals surface area contributed by atoms with E-state index in [4.69, 9.17) is 4.74 Å². The Morgan fingerprint density at radius 3 is 2.31 bits per heavy atom. The summed E-state index contributed by atoms with van der Waals surface area (Å²) in [6.45, 7) is 7.92. The molecule has 0 atom stereocenters. The van der Waals surface area contributed by atoms with Gasteiger partial charge in [-0.25, -0.2) is 0 Å². The molecule has 0 fully saturated rings. The molecular formula is C21H23N3O2. The first kappa shape index (κ1) is 19.1. The zero-order chi connectivity index (χ0) is 19.3. The van der Waals surface area contributed by atoms with Crippen molar-refractivity contribution in [1.29, 1.82) is 5.26 Å². The number of aryl methyl sites for hydroxylation is 4. The highest BCUT2D eigenvalue weighted by Gasteiger charge is 2.13. The molecule has 134 valence electrons. The fourth-order valence-electron chi connectivity index (χ4n) is 2.81. The van der Waals surface area contributed by atoms with Crippen molar-refractivity contribution in [3.63, 3.8) is 0 Å². The van der Waals surface area contributed by atoms with E-state index in [0.29, 0.717) is 11.4 Å². The Hall–Kier alpha value is -3.26. The van der Waals surface area contributed by atoms with Crippen LogP contribution in [0.5, 0.6) is 5.75 Å². The lowest BCUT2D eigenvalue weighted by molar-refractivity contribution is -0.112. The molecule has 0 saturated carbocycles. The Balaban J connectivity index is 2.23. The molecule has 0 heterocycles. The Kier molecular flexibility index (Phi) is 6.03. The van der Waals surface area contributed by atoms with E-state index in [0.717, 1.165) is 22.4 Å². The van der Waals surface area contributed by atoms with Crippen LogP contribution in [0.2, 0.25) is 0 Å². The lowest BCUT2D eigenvalue weighted by Gasteiger charge is -2.12. The van der Waals surface area contributed by atoms with Gasteiger partial charge in [-0.3, -0.25) is 4.79 Å². The largest absolute Gasteiger partial charge is 0.495 e. The van der Waals surface area contributed by atoms with Crippen LogP contribution in [0.1, 0.15) is 22.3 Å². The van der Waals surface area contributed by atoms with Crippen molar-refractivity contribution in [1.82, 2.24) is 0 Å². The van der Waals surface area contributed by atoms with Gasteiger partial charge in [0, 0.05) is 11.9 Å². The van der Waals surface area contributed by atoms with E-state index in [2.05, 4.69) is 10.6 Å². The molecule has 2 N–H and O–H groups in total. The third kappa shape index (κ3) is 4.42. The summed E-state index contributed by atoms with van der Waals surface area (Å²) in [5.74, 6) is 0.0470. The maximum Gasteiger partial charge on any atom is 0.267 e. The van der Waals surface area contributed by atoms with Gasteiger partial charge in [-0.15, -0.1) is 0 Å². The smallest absolute Gasteiger partial charge is 0.267 e. The number of benzene rings is 2. The molecule has 0 spiro atoms. The van der Waals surface area contributed by atoms with E-state index < -0.39 is 5.91 Å². The summed E-state index contributed by atoms with van der Waals surface area (Å²) in [7, 11) is 1.53. The molecule has 0 unspecified atom stereocenters. The molecule has 5 heteroatoms. The number of nitriles is 1. The third-order valence-electron chi connectivity index (χ3n) is 4.01. The van der Waals surface area contributed by atoms with Crippen LogP contribution in [-0.4, -0.2) is 13.0 Å². The molecular weight excluding hydrogens is 326 g/mol. The summed E-state index contributed by atoms with van der Waals surface area (Å²) < 4.78 is 5.25. The van der Waals surface area contributed by atoms with E-state index in [1.807, 2.05) is 52.0 Å². The minimum absolute atomic E-state index is 0.0204. The summed E-state index contributed by atoms with van der Waals surface area (Å²) in [6.07, 6.45) is 1.43. The van der Waals surface area contributed by atoms with Crippen molar-refractivity contribution in [2.24, 2.45) is 0 Å². The molecule has 1 amide bonds. The molecule has 5 nitrogen and oxygen atoms in total. The van der Waals surface area contributed by atoms with Crippen LogP contribution in [0.25, 0.3) is 0 Å². The van der Waals surface area contributed by atoms with E-state index in [1.54, 1.807) is 12.1 Å². The van der Waals surface area contributed by atoms with Gasteiger partial charge in [0.05, 0.1) is 12.8 Å². The quantitative estimate of drug-likeness (QED) is 0.620. The lowest BCUT2D eigenvalue weighted by atomic mass is 10.1. The second-order valence-corrected chi connectivity index (χ2v) is 6.25. The summed E-state index contributed by atoms with van der Waals surface area (Å²) in [6, 6.07) is 11.5. The summed E-state index contributed by atoms with van der Waals surface area (Å²) in [4.78, 5) is 12.5. The number of methoxy groups -OCH3 is 1. The van der Waals surface area contributed by atoms with Gasteiger partial charge >= 0.3 is 0 Å². The molecule has 2 aromatic rings. The fourth-order valence-corrected chi connectivity index (χ4v) is 2.81. The first-order valence-corrected chi connectivity index (χ1v) is 8.26. The standard InChI is InChI=1S/C21H23N3O2/c1-13-6-7-19(26-5)18(10-13)24-21(25)17(11-22)12-23-20-15(3)8-14(2)9-16(20)4/h6-10,12,23H,1-5H3,(H,24,25)/b17-12-. The van der Waals surface area contributed by atoms with Crippen LogP contribution in [0.3, 0.4) is 0 Å². The maximum absolute atomic E-state index is 12.5. The minimum Gasteiger partial charge on any atom is -0.495 e. The first-order valence-electron chi connectivity index (χ1n) is 8.26. The molecule has 2 aromatic carbocycles.